The summed E-state index contributed by atoms with van der Waals surface area (Å²) < 4.78 is 15.3. The largest absolute Gasteiger partial charge is 0.497 e. The van der Waals surface area contributed by atoms with Crippen LogP contribution in [0.25, 0.3) is 0 Å². The number of hydrogen-bond donors (Lipinski definition) is 2. The number of benzene rings is 1. The molecular weight excluding hydrogens is 284 g/mol. The zero-order chi connectivity index (χ0) is 14.1. The van der Waals surface area contributed by atoms with Crippen LogP contribution in [0.3, 0.4) is 0 Å². The first kappa shape index (κ1) is 18.5. The molecule has 0 saturated heterocycles. The van der Waals surface area contributed by atoms with Crippen LogP contribution in [0.15, 0.2) is 24.3 Å². The Kier molecular flexibility index (Phi) is 9.53. The molecule has 0 aromatic heterocycles. The molecular formula is C13H21ClN2O4. The van der Waals surface area contributed by atoms with Crippen molar-refractivity contribution in [1.82, 2.24) is 5.32 Å². The van der Waals surface area contributed by atoms with Gasteiger partial charge in [-0.1, -0.05) is 0 Å². The van der Waals surface area contributed by atoms with Crippen LogP contribution in [-0.4, -0.2) is 45.9 Å². The Morgan fingerprint density at radius 3 is 2.40 bits per heavy atom. The Morgan fingerprint density at radius 1 is 1.25 bits per heavy atom. The Morgan fingerprint density at radius 2 is 1.85 bits per heavy atom. The van der Waals surface area contributed by atoms with E-state index < -0.39 is 6.04 Å². The number of carbonyl (C=O) groups is 1. The van der Waals surface area contributed by atoms with Gasteiger partial charge in [-0.25, -0.2) is 0 Å². The average Bonchev–Trinajstić information content (AvgIpc) is 2.44. The molecule has 0 spiro atoms. The molecule has 0 heterocycles. The topological polar surface area (TPSA) is 82.8 Å². The zero-order valence-corrected chi connectivity index (χ0v) is 12.4. The SMILES string of the molecule is COCC(N)C(=O)NCCOc1ccc(OC)cc1.Cl. The van der Waals surface area contributed by atoms with Gasteiger partial charge in [0, 0.05) is 7.11 Å². The van der Waals surface area contributed by atoms with E-state index in [4.69, 9.17) is 19.9 Å². The zero-order valence-electron chi connectivity index (χ0n) is 11.6. The van der Waals surface area contributed by atoms with Crippen LogP contribution >= 0.6 is 12.4 Å². The van der Waals surface area contributed by atoms with Gasteiger partial charge in [0.25, 0.3) is 0 Å². The lowest BCUT2D eigenvalue weighted by Crippen LogP contribution is -2.44. The van der Waals surface area contributed by atoms with Crippen molar-refractivity contribution in [2.45, 2.75) is 6.04 Å². The second kappa shape index (κ2) is 10.3. The Bertz CT molecular complexity index is 386. The predicted octanol–water partition coefficient (Wildman–Crippen LogP) is 0.586. The van der Waals surface area contributed by atoms with E-state index in [2.05, 4.69) is 5.32 Å². The first-order chi connectivity index (χ1) is 9.17. The van der Waals surface area contributed by atoms with E-state index in [-0.39, 0.29) is 24.9 Å². The molecule has 1 aromatic rings. The van der Waals surface area contributed by atoms with Crippen molar-refractivity contribution in [1.29, 1.82) is 0 Å². The molecule has 3 N–H and O–H groups in total. The van der Waals surface area contributed by atoms with Crippen LogP contribution < -0.4 is 20.5 Å². The number of ether oxygens (including phenoxy) is 3. The molecule has 1 atom stereocenters. The number of carbonyl (C=O) groups excluding carboxylic acids is 1. The minimum atomic E-state index is -0.647. The van der Waals surface area contributed by atoms with Gasteiger partial charge in [-0.3, -0.25) is 4.79 Å². The predicted molar refractivity (Wildman–Crippen MR) is 78.6 cm³/mol. The molecule has 1 rings (SSSR count). The van der Waals surface area contributed by atoms with Crippen molar-refractivity contribution in [3.63, 3.8) is 0 Å². The van der Waals surface area contributed by atoms with Gasteiger partial charge < -0.3 is 25.3 Å². The average molecular weight is 305 g/mol. The maximum Gasteiger partial charge on any atom is 0.239 e. The van der Waals surface area contributed by atoms with Crippen molar-refractivity contribution in [2.75, 3.05) is 34.0 Å². The molecule has 0 bridgehead atoms. The number of nitrogens with one attached hydrogen (secondary N) is 1. The highest BCUT2D eigenvalue weighted by molar-refractivity contribution is 5.85. The van der Waals surface area contributed by atoms with E-state index in [9.17, 15) is 4.79 Å². The number of methoxy groups -OCH3 is 2. The standard InChI is InChI=1S/C13H20N2O4.ClH/c1-17-9-12(14)13(16)15-7-8-19-11-5-3-10(18-2)4-6-11;/h3-6,12H,7-9,14H2,1-2H3,(H,15,16);1H. The molecule has 0 aliphatic heterocycles. The first-order valence-corrected chi connectivity index (χ1v) is 5.96. The van der Waals surface area contributed by atoms with Gasteiger partial charge in [-0.2, -0.15) is 0 Å². The minimum Gasteiger partial charge on any atom is -0.497 e. The van der Waals surface area contributed by atoms with Gasteiger partial charge >= 0.3 is 0 Å². The number of nitrogens with two attached hydrogens (primary N) is 1. The fourth-order valence-electron chi connectivity index (χ4n) is 1.40. The van der Waals surface area contributed by atoms with E-state index in [0.717, 1.165) is 11.5 Å². The summed E-state index contributed by atoms with van der Waals surface area (Å²) in [5.41, 5.74) is 5.56. The van der Waals surface area contributed by atoms with Gasteiger partial charge in [0.05, 0.1) is 20.3 Å². The molecule has 1 unspecified atom stereocenters. The molecule has 1 aromatic carbocycles. The quantitative estimate of drug-likeness (QED) is 0.687. The van der Waals surface area contributed by atoms with Crippen molar-refractivity contribution in [2.24, 2.45) is 5.73 Å². The van der Waals surface area contributed by atoms with Crippen molar-refractivity contribution < 1.29 is 19.0 Å². The van der Waals surface area contributed by atoms with Crippen LogP contribution in [0.1, 0.15) is 0 Å². The van der Waals surface area contributed by atoms with E-state index in [1.807, 2.05) is 12.1 Å². The van der Waals surface area contributed by atoms with Gasteiger partial charge in [0.15, 0.2) is 0 Å². The fourth-order valence-corrected chi connectivity index (χ4v) is 1.40. The van der Waals surface area contributed by atoms with E-state index in [1.54, 1.807) is 19.2 Å². The summed E-state index contributed by atoms with van der Waals surface area (Å²) in [6.07, 6.45) is 0. The summed E-state index contributed by atoms with van der Waals surface area (Å²) in [5, 5.41) is 2.67. The molecule has 0 fully saturated rings. The summed E-state index contributed by atoms with van der Waals surface area (Å²) >= 11 is 0. The third-order valence-electron chi connectivity index (χ3n) is 2.41. The third kappa shape index (κ3) is 6.60. The second-order valence-corrected chi connectivity index (χ2v) is 3.88. The molecule has 0 aliphatic rings. The molecule has 0 radical (unpaired) electrons. The lowest BCUT2D eigenvalue weighted by Gasteiger charge is -2.12. The van der Waals surface area contributed by atoms with Gasteiger partial charge in [-0.05, 0) is 24.3 Å². The smallest absolute Gasteiger partial charge is 0.239 e. The lowest BCUT2D eigenvalue weighted by molar-refractivity contribution is -0.123. The highest BCUT2D eigenvalue weighted by Crippen LogP contribution is 2.16. The summed E-state index contributed by atoms with van der Waals surface area (Å²) in [6, 6.07) is 6.57. The maximum atomic E-state index is 11.4. The van der Waals surface area contributed by atoms with Gasteiger partial charge in [-0.15, -0.1) is 12.4 Å². The maximum absolute atomic E-state index is 11.4. The number of halogens is 1. The normalized spacial score (nSPS) is 11.2. The van der Waals surface area contributed by atoms with E-state index >= 15 is 0 Å². The van der Waals surface area contributed by atoms with Crippen LogP contribution in [0, 0.1) is 0 Å². The van der Waals surface area contributed by atoms with Crippen LogP contribution in [0.5, 0.6) is 11.5 Å². The molecule has 20 heavy (non-hydrogen) atoms. The Balaban J connectivity index is 0.00000361. The number of amides is 1. The summed E-state index contributed by atoms with van der Waals surface area (Å²) in [5.74, 6) is 1.24. The summed E-state index contributed by atoms with van der Waals surface area (Å²) in [6.45, 7) is 0.964. The highest BCUT2D eigenvalue weighted by atomic mass is 35.5. The lowest BCUT2D eigenvalue weighted by atomic mass is 10.3. The van der Waals surface area contributed by atoms with E-state index in [1.165, 1.54) is 7.11 Å². The molecule has 0 aliphatic carbocycles. The monoisotopic (exact) mass is 304 g/mol. The van der Waals surface area contributed by atoms with E-state index in [0.29, 0.717) is 13.2 Å². The number of rotatable bonds is 8. The van der Waals surface area contributed by atoms with Crippen LogP contribution in [0.4, 0.5) is 0 Å². The van der Waals surface area contributed by atoms with Gasteiger partial charge in [0.1, 0.15) is 24.1 Å². The Labute approximate surface area is 125 Å². The highest BCUT2D eigenvalue weighted by Gasteiger charge is 2.11. The van der Waals surface area contributed by atoms with Gasteiger partial charge in [0.2, 0.25) is 5.91 Å². The molecule has 7 heteroatoms. The van der Waals surface area contributed by atoms with Crippen molar-refractivity contribution in [3.05, 3.63) is 24.3 Å². The van der Waals surface area contributed by atoms with Crippen LogP contribution in [0.2, 0.25) is 0 Å². The fraction of sp³-hybridized carbons (Fsp3) is 0.462. The third-order valence-corrected chi connectivity index (χ3v) is 2.41. The minimum absolute atomic E-state index is 0. The molecule has 0 saturated carbocycles. The molecule has 6 nitrogen and oxygen atoms in total. The molecule has 114 valence electrons. The first-order valence-electron chi connectivity index (χ1n) is 5.96. The summed E-state index contributed by atoms with van der Waals surface area (Å²) in [7, 11) is 3.11. The van der Waals surface area contributed by atoms with Crippen molar-refractivity contribution >= 4 is 18.3 Å². The van der Waals surface area contributed by atoms with Crippen molar-refractivity contribution in [3.8, 4) is 11.5 Å². The number of hydrogen-bond acceptors (Lipinski definition) is 5. The Hall–Kier alpha value is -1.50. The molecule has 1 amide bonds. The second-order valence-electron chi connectivity index (χ2n) is 3.88. The van der Waals surface area contributed by atoms with Crippen LogP contribution in [-0.2, 0) is 9.53 Å². The summed E-state index contributed by atoms with van der Waals surface area (Å²) in [4.78, 5) is 11.4.